The summed E-state index contributed by atoms with van der Waals surface area (Å²) in [5, 5.41) is 7.04. The molecule has 150 valence electrons. The van der Waals surface area contributed by atoms with Gasteiger partial charge in [0.25, 0.3) is 0 Å². The molecule has 0 saturated carbocycles. The van der Waals surface area contributed by atoms with Gasteiger partial charge < -0.3 is 19.5 Å². The molecule has 2 atom stereocenters. The quantitative estimate of drug-likeness (QED) is 0.726. The van der Waals surface area contributed by atoms with Crippen LogP contribution >= 0.6 is 0 Å². The summed E-state index contributed by atoms with van der Waals surface area (Å²) < 4.78 is 10.9. The summed E-state index contributed by atoms with van der Waals surface area (Å²) in [5.74, 6) is 1.90. The summed E-state index contributed by atoms with van der Waals surface area (Å²) in [6, 6.07) is 9.19. The van der Waals surface area contributed by atoms with Crippen molar-refractivity contribution in [3.05, 3.63) is 54.2 Å². The number of pyridine rings is 1. The van der Waals surface area contributed by atoms with Crippen LogP contribution in [0, 0.1) is 12.8 Å². The minimum Gasteiger partial charge on any atom is -0.495 e. The summed E-state index contributed by atoms with van der Waals surface area (Å²) in [6.45, 7) is 5.18. The molecule has 2 aromatic heterocycles. The highest BCUT2D eigenvalue weighted by molar-refractivity contribution is 5.91. The fourth-order valence-corrected chi connectivity index (χ4v) is 3.57. The number of methoxy groups -OCH3 is 1. The zero-order valence-electron chi connectivity index (χ0n) is 16.6. The lowest BCUT2D eigenvalue weighted by Crippen LogP contribution is -2.33. The Labute approximate surface area is 168 Å². The van der Waals surface area contributed by atoms with Crippen LogP contribution in [-0.2, 0) is 0 Å². The zero-order chi connectivity index (χ0) is 20.4. The van der Waals surface area contributed by atoms with E-state index in [-0.39, 0.29) is 17.9 Å². The summed E-state index contributed by atoms with van der Waals surface area (Å²) in [7, 11) is 1.59. The summed E-state index contributed by atoms with van der Waals surface area (Å²) in [6.07, 6.45) is 3.38. The van der Waals surface area contributed by atoms with Crippen LogP contribution in [0.4, 0.5) is 10.5 Å². The van der Waals surface area contributed by atoms with Crippen LogP contribution in [0.25, 0.3) is 11.4 Å². The van der Waals surface area contributed by atoms with Crippen LogP contribution < -0.4 is 10.1 Å². The van der Waals surface area contributed by atoms with Crippen LogP contribution in [0.15, 0.2) is 47.2 Å². The molecule has 0 radical (unpaired) electrons. The number of carbonyl (C=O) groups is 1. The molecule has 8 heteroatoms. The van der Waals surface area contributed by atoms with Crippen molar-refractivity contribution in [1.82, 2.24) is 20.0 Å². The molecule has 29 heavy (non-hydrogen) atoms. The first-order valence-electron chi connectivity index (χ1n) is 9.49. The van der Waals surface area contributed by atoms with E-state index in [1.807, 2.05) is 37.3 Å². The Morgan fingerprint density at radius 1 is 1.24 bits per heavy atom. The minimum atomic E-state index is -0.169. The van der Waals surface area contributed by atoms with Crippen LogP contribution in [0.2, 0.25) is 0 Å². The number of anilines is 1. The highest BCUT2D eigenvalue weighted by Crippen LogP contribution is 2.33. The molecule has 1 aliphatic heterocycles. The molecule has 0 aliphatic carbocycles. The number of carbonyl (C=O) groups excluding carboxylic acids is 1. The zero-order valence-corrected chi connectivity index (χ0v) is 16.6. The highest BCUT2D eigenvalue weighted by atomic mass is 16.5. The molecule has 1 fully saturated rings. The Kier molecular flexibility index (Phi) is 5.16. The van der Waals surface area contributed by atoms with Gasteiger partial charge in [-0.25, -0.2) is 4.79 Å². The molecule has 1 N–H and O–H groups in total. The number of aromatic nitrogens is 3. The molecule has 0 spiro atoms. The van der Waals surface area contributed by atoms with Gasteiger partial charge in [0.1, 0.15) is 5.75 Å². The smallest absolute Gasteiger partial charge is 0.321 e. The molecule has 1 saturated heterocycles. The first-order chi connectivity index (χ1) is 14.0. The van der Waals surface area contributed by atoms with Gasteiger partial charge in [-0.15, -0.1) is 0 Å². The van der Waals surface area contributed by atoms with E-state index in [1.165, 1.54) is 0 Å². The van der Waals surface area contributed by atoms with Crippen molar-refractivity contribution in [2.24, 2.45) is 5.92 Å². The van der Waals surface area contributed by atoms with Crippen LogP contribution in [-0.4, -0.2) is 46.3 Å². The van der Waals surface area contributed by atoms with E-state index in [0.29, 0.717) is 36.2 Å². The van der Waals surface area contributed by atoms with Crippen molar-refractivity contribution in [1.29, 1.82) is 0 Å². The van der Waals surface area contributed by atoms with Crippen molar-refractivity contribution in [3.63, 3.8) is 0 Å². The summed E-state index contributed by atoms with van der Waals surface area (Å²) in [5.41, 5.74) is 2.55. The topological polar surface area (TPSA) is 93.4 Å². The Bertz CT molecular complexity index is 1000. The summed E-state index contributed by atoms with van der Waals surface area (Å²) in [4.78, 5) is 23.1. The Morgan fingerprint density at radius 2 is 2.03 bits per heavy atom. The predicted molar refractivity (Wildman–Crippen MR) is 108 cm³/mol. The van der Waals surface area contributed by atoms with Gasteiger partial charge in [-0.05, 0) is 42.7 Å². The van der Waals surface area contributed by atoms with E-state index in [9.17, 15) is 4.79 Å². The fraction of sp³-hybridized carbons (Fsp3) is 0.333. The standard InChI is InChI=1S/C21H23N5O3/c1-13-4-5-18(28-3)17(10-13)23-21(27)26-11-14(2)16(12-26)20-24-19(25-29-20)15-6-8-22-9-7-15/h4-10,14,16H,11-12H2,1-3H3,(H,23,27)/t14-,16-/m0/s1. The van der Waals surface area contributed by atoms with E-state index >= 15 is 0 Å². The van der Waals surface area contributed by atoms with Crippen LogP contribution in [0.5, 0.6) is 5.75 Å². The third-order valence-corrected chi connectivity index (χ3v) is 5.19. The number of amides is 2. The third kappa shape index (κ3) is 3.91. The minimum absolute atomic E-state index is 0.0109. The molecule has 4 rings (SSSR count). The van der Waals surface area contributed by atoms with Gasteiger partial charge in [0.2, 0.25) is 11.7 Å². The number of aryl methyl sites for hydroxylation is 1. The number of likely N-dealkylation sites (tertiary alicyclic amines) is 1. The van der Waals surface area contributed by atoms with Crippen molar-refractivity contribution in [3.8, 4) is 17.1 Å². The number of hydrogen-bond acceptors (Lipinski definition) is 6. The molecule has 1 aliphatic rings. The van der Waals surface area contributed by atoms with Crippen LogP contribution in [0.3, 0.4) is 0 Å². The van der Waals surface area contributed by atoms with Gasteiger partial charge in [0.15, 0.2) is 0 Å². The van der Waals surface area contributed by atoms with E-state index < -0.39 is 0 Å². The lowest BCUT2D eigenvalue weighted by Gasteiger charge is -2.18. The number of rotatable bonds is 4. The number of benzene rings is 1. The molecule has 0 unspecified atom stereocenters. The second-order valence-corrected chi connectivity index (χ2v) is 7.31. The second kappa shape index (κ2) is 7.90. The largest absolute Gasteiger partial charge is 0.495 e. The first kappa shape index (κ1) is 18.9. The molecule has 0 bridgehead atoms. The molecule has 3 aromatic rings. The maximum Gasteiger partial charge on any atom is 0.321 e. The fourth-order valence-electron chi connectivity index (χ4n) is 3.57. The van der Waals surface area contributed by atoms with E-state index in [2.05, 4.69) is 27.4 Å². The lowest BCUT2D eigenvalue weighted by molar-refractivity contribution is 0.220. The van der Waals surface area contributed by atoms with Crippen molar-refractivity contribution < 1.29 is 14.1 Å². The van der Waals surface area contributed by atoms with Gasteiger partial charge in [0, 0.05) is 31.0 Å². The molecular weight excluding hydrogens is 370 g/mol. The average Bonchev–Trinajstić information content (AvgIpc) is 3.35. The van der Waals surface area contributed by atoms with Crippen molar-refractivity contribution in [2.75, 3.05) is 25.5 Å². The highest BCUT2D eigenvalue weighted by Gasteiger charge is 2.37. The predicted octanol–water partition coefficient (Wildman–Crippen LogP) is 3.72. The monoisotopic (exact) mass is 393 g/mol. The normalized spacial score (nSPS) is 18.7. The van der Waals surface area contributed by atoms with E-state index in [0.717, 1.165) is 11.1 Å². The van der Waals surface area contributed by atoms with Gasteiger partial charge >= 0.3 is 6.03 Å². The maximum atomic E-state index is 12.8. The van der Waals surface area contributed by atoms with Crippen molar-refractivity contribution in [2.45, 2.75) is 19.8 Å². The number of nitrogens with one attached hydrogen (secondary N) is 1. The van der Waals surface area contributed by atoms with Gasteiger partial charge in [-0.3, -0.25) is 4.98 Å². The molecule has 2 amide bonds. The summed E-state index contributed by atoms with van der Waals surface area (Å²) >= 11 is 0. The molecule has 1 aromatic carbocycles. The third-order valence-electron chi connectivity index (χ3n) is 5.19. The maximum absolute atomic E-state index is 12.8. The van der Waals surface area contributed by atoms with E-state index in [4.69, 9.17) is 9.26 Å². The Balaban J connectivity index is 1.47. The van der Waals surface area contributed by atoms with Gasteiger partial charge in [-0.2, -0.15) is 4.98 Å². The Morgan fingerprint density at radius 3 is 2.79 bits per heavy atom. The SMILES string of the molecule is COc1ccc(C)cc1NC(=O)N1C[C@H](c2nc(-c3ccncc3)no2)[C@@H](C)C1. The molecule has 3 heterocycles. The van der Waals surface area contributed by atoms with Gasteiger partial charge in [0.05, 0.1) is 18.7 Å². The first-order valence-corrected chi connectivity index (χ1v) is 9.49. The van der Waals surface area contributed by atoms with E-state index in [1.54, 1.807) is 24.4 Å². The van der Waals surface area contributed by atoms with Crippen LogP contribution in [0.1, 0.15) is 24.3 Å². The molecular formula is C21H23N5O3. The number of urea groups is 1. The Hall–Kier alpha value is -3.42. The lowest BCUT2D eigenvalue weighted by atomic mass is 9.98. The number of hydrogen-bond donors (Lipinski definition) is 1. The number of ether oxygens (including phenoxy) is 1. The van der Waals surface area contributed by atoms with Crippen molar-refractivity contribution >= 4 is 11.7 Å². The average molecular weight is 393 g/mol. The van der Waals surface area contributed by atoms with Gasteiger partial charge in [-0.1, -0.05) is 18.1 Å². The molecule has 8 nitrogen and oxygen atoms in total. The number of nitrogens with zero attached hydrogens (tertiary/aromatic N) is 4. The second-order valence-electron chi connectivity index (χ2n) is 7.31.